The van der Waals surface area contributed by atoms with Crippen LogP contribution in [0.5, 0.6) is 0 Å². The second-order valence-electron chi connectivity index (χ2n) is 12.1. The number of alkyl carbamates (subject to hydrolysis) is 1. The molecule has 0 spiro atoms. The van der Waals surface area contributed by atoms with Gasteiger partial charge in [-0.2, -0.15) is 0 Å². The summed E-state index contributed by atoms with van der Waals surface area (Å²) in [5.41, 5.74) is -1.38. The van der Waals surface area contributed by atoms with E-state index in [1.807, 2.05) is 27.7 Å². The maximum absolute atomic E-state index is 13.9. The lowest BCUT2D eigenvalue weighted by atomic mass is 9.85. The molecule has 10 nitrogen and oxygen atoms in total. The largest absolute Gasteiger partial charge is 0.444 e. The number of ether oxygens (including phenoxy) is 1. The highest BCUT2D eigenvalue weighted by Crippen LogP contribution is 2.43. The maximum Gasteiger partial charge on any atom is 0.408 e. The van der Waals surface area contributed by atoms with Gasteiger partial charge in [-0.05, 0) is 57.8 Å². The van der Waals surface area contributed by atoms with Crippen molar-refractivity contribution in [3.63, 3.8) is 0 Å². The van der Waals surface area contributed by atoms with Crippen LogP contribution in [0.1, 0.15) is 80.6 Å². The smallest absolute Gasteiger partial charge is 0.408 e. The lowest BCUT2D eigenvalue weighted by Gasteiger charge is -2.40. The predicted molar refractivity (Wildman–Crippen MR) is 139 cm³/mol. The summed E-state index contributed by atoms with van der Waals surface area (Å²) in [7, 11) is 0. The summed E-state index contributed by atoms with van der Waals surface area (Å²) < 4.78 is 5.39. The number of likely N-dealkylation sites (tertiary alicyclic amines) is 1. The Morgan fingerprint density at radius 2 is 1.70 bits per heavy atom. The third-order valence-corrected chi connectivity index (χ3v) is 6.72. The first-order valence-electron chi connectivity index (χ1n) is 13.2. The Morgan fingerprint density at radius 1 is 1.05 bits per heavy atom. The van der Waals surface area contributed by atoms with Gasteiger partial charge in [0.25, 0.3) is 5.91 Å². The van der Waals surface area contributed by atoms with Crippen LogP contribution in [0.3, 0.4) is 0 Å². The highest BCUT2D eigenvalue weighted by molar-refractivity contribution is 6.38. The molecule has 1 aliphatic carbocycles. The summed E-state index contributed by atoms with van der Waals surface area (Å²) in [4.78, 5) is 66.6. The van der Waals surface area contributed by atoms with E-state index < -0.39 is 52.8 Å². The third kappa shape index (κ3) is 7.79. The van der Waals surface area contributed by atoms with Crippen LogP contribution < -0.4 is 16.0 Å². The number of Topliss-reactive ketones (excluding diaryl/α,β-unsaturated/α-hetero) is 1. The van der Waals surface area contributed by atoms with Crippen LogP contribution in [0.15, 0.2) is 12.7 Å². The number of fused-ring (bicyclic) bond motifs is 2. The molecule has 2 fully saturated rings. The van der Waals surface area contributed by atoms with E-state index in [9.17, 15) is 24.0 Å². The van der Waals surface area contributed by atoms with E-state index in [-0.39, 0.29) is 24.4 Å². The molecule has 0 aromatic carbocycles. The fraction of sp³-hybridized carbons (Fsp3) is 0.741. The summed E-state index contributed by atoms with van der Waals surface area (Å²) in [5, 5.41) is 7.94. The summed E-state index contributed by atoms with van der Waals surface area (Å²) in [6.07, 6.45) is 3.88. The van der Waals surface area contributed by atoms with Gasteiger partial charge in [-0.15, -0.1) is 6.58 Å². The number of nitrogens with one attached hydrogen (secondary N) is 3. The molecule has 2 aliphatic rings. The summed E-state index contributed by atoms with van der Waals surface area (Å²) in [5.74, 6) is -2.37. The molecule has 4 amide bonds. The van der Waals surface area contributed by atoms with Gasteiger partial charge >= 0.3 is 6.09 Å². The molecule has 0 aromatic rings. The number of rotatable bonds is 10. The number of nitrogens with zero attached hydrogens (tertiary/aromatic N) is 1. The average molecular weight is 521 g/mol. The zero-order chi connectivity index (χ0) is 28.1. The molecule has 1 saturated carbocycles. The maximum atomic E-state index is 13.9. The standard InChI is InChI=1S/C27H44N4O6/c1-9-11-18(20(32)23(34)28-14-10-2)29-22(33)19-16-12-13-17(15-16)31(19)24(35)21(26(3,4)5)30-25(36)37-27(6,7)8/h10,16-19,21H,2,9,11-15H2,1,3-8H3,(H,28,34)(H,29,33)(H,30,36)/t16?,17?,18?,19-,21+/m0/s1. The number of hydrogen-bond acceptors (Lipinski definition) is 6. The first-order chi connectivity index (χ1) is 17.1. The van der Waals surface area contributed by atoms with Gasteiger partial charge in [0, 0.05) is 12.6 Å². The monoisotopic (exact) mass is 520 g/mol. The molecule has 3 N–H and O–H groups in total. The van der Waals surface area contributed by atoms with Crippen molar-refractivity contribution < 1.29 is 28.7 Å². The number of amides is 4. The lowest BCUT2D eigenvalue weighted by molar-refractivity contribution is -0.147. The Hall–Kier alpha value is -2.91. The molecule has 5 atom stereocenters. The molecule has 1 heterocycles. The van der Waals surface area contributed by atoms with E-state index in [0.29, 0.717) is 19.3 Å². The molecule has 0 radical (unpaired) electrons. The molecule has 1 aliphatic heterocycles. The van der Waals surface area contributed by atoms with Gasteiger partial charge in [-0.3, -0.25) is 19.2 Å². The van der Waals surface area contributed by atoms with Crippen LogP contribution in [-0.2, 0) is 23.9 Å². The second kappa shape index (κ2) is 12.1. The van der Waals surface area contributed by atoms with E-state index in [0.717, 1.165) is 12.8 Å². The fourth-order valence-corrected chi connectivity index (χ4v) is 5.09. The van der Waals surface area contributed by atoms with Crippen molar-refractivity contribution in [1.82, 2.24) is 20.9 Å². The fourth-order valence-electron chi connectivity index (χ4n) is 5.09. The molecule has 208 valence electrons. The number of piperidine rings is 1. The predicted octanol–water partition coefficient (Wildman–Crippen LogP) is 2.46. The summed E-state index contributed by atoms with van der Waals surface area (Å²) >= 11 is 0. The van der Waals surface area contributed by atoms with Gasteiger partial charge in [0.15, 0.2) is 0 Å². The van der Waals surface area contributed by atoms with Gasteiger partial charge in [0.2, 0.25) is 17.6 Å². The molecule has 10 heteroatoms. The Balaban J connectivity index is 2.26. The highest BCUT2D eigenvalue weighted by Gasteiger charge is 2.54. The summed E-state index contributed by atoms with van der Waals surface area (Å²) in [6, 6.07) is -2.82. The minimum atomic E-state index is -0.989. The molecule has 2 rings (SSSR count). The number of carbonyl (C=O) groups is 5. The van der Waals surface area contributed by atoms with Gasteiger partial charge < -0.3 is 25.6 Å². The van der Waals surface area contributed by atoms with Crippen molar-refractivity contribution >= 4 is 29.6 Å². The minimum absolute atomic E-state index is 0.0527. The SMILES string of the molecule is C=CCNC(=O)C(=O)C(CCC)NC(=O)[C@@H]1C2CCC(C2)N1C(=O)[C@@H](NC(=O)OC(C)(C)C)C(C)(C)C. The van der Waals surface area contributed by atoms with Crippen molar-refractivity contribution in [3.05, 3.63) is 12.7 Å². The van der Waals surface area contributed by atoms with E-state index >= 15 is 0 Å². The molecule has 1 saturated heterocycles. The van der Waals surface area contributed by atoms with Gasteiger partial charge in [-0.1, -0.05) is 40.2 Å². The van der Waals surface area contributed by atoms with Crippen molar-refractivity contribution in [1.29, 1.82) is 0 Å². The van der Waals surface area contributed by atoms with Crippen LogP contribution >= 0.6 is 0 Å². The Morgan fingerprint density at radius 3 is 2.24 bits per heavy atom. The topological polar surface area (TPSA) is 134 Å². The van der Waals surface area contributed by atoms with Crippen LogP contribution in [0.25, 0.3) is 0 Å². The third-order valence-electron chi connectivity index (χ3n) is 6.72. The Bertz CT molecular complexity index is 904. The van der Waals surface area contributed by atoms with Gasteiger partial charge in [0.05, 0.1) is 6.04 Å². The Labute approximate surface area is 220 Å². The number of ketones is 1. The molecule has 0 aromatic heterocycles. The van der Waals surface area contributed by atoms with Crippen LogP contribution in [-0.4, -0.2) is 70.8 Å². The van der Waals surface area contributed by atoms with E-state index in [1.165, 1.54) is 6.08 Å². The molecular formula is C27H44N4O6. The Kier molecular flexibility index (Phi) is 9.91. The van der Waals surface area contributed by atoms with Crippen LogP contribution in [0.2, 0.25) is 0 Å². The first-order valence-corrected chi connectivity index (χ1v) is 13.2. The first kappa shape index (κ1) is 30.3. The molecule has 2 bridgehead atoms. The van der Waals surface area contributed by atoms with E-state index in [2.05, 4.69) is 22.5 Å². The highest BCUT2D eigenvalue weighted by atomic mass is 16.6. The van der Waals surface area contributed by atoms with Gasteiger partial charge in [0.1, 0.15) is 17.7 Å². The zero-order valence-corrected chi connectivity index (χ0v) is 23.3. The minimum Gasteiger partial charge on any atom is -0.444 e. The molecule has 37 heavy (non-hydrogen) atoms. The molecule has 3 unspecified atom stereocenters. The van der Waals surface area contributed by atoms with Gasteiger partial charge in [-0.25, -0.2) is 4.79 Å². The van der Waals surface area contributed by atoms with Crippen molar-refractivity contribution in [3.8, 4) is 0 Å². The normalized spacial score (nSPS) is 22.6. The summed E-state index contributed by atoms with van der Waals surface area (Å²) in [6.45, 7) is 16.3. The van der Waals surface area contributed by atoms with E-state index in [1.54, 1.807) is 25.7 Å². The van der Waals surface area contributed by atoms with Crippen molar-refractivity contribution in [2.75, 3.05) is 6.54 Å². The second-order valence-corrected chi connectivity index (χ2v) is 12.1. The zero-order valence-electron chi connectivity index (χ0n) is 23.3. The molecular weight excluding hydrogens is 476 g/mol. The van der Waals surface area contributed by atoms with Crippen LogP contribution in [0.4, 0.5) is 4.79 Å². The van der Waals surface area contributed by atoms with E-state index in [4.69, 9.17) is 4.74 Å². The van der Waals surface area contributed by atoms with Crippen molar-refractivity contribution in [2.45, 2.75) is 110 Å². The van der Waals surface area contributed by atoms with Crippen LogP contribution in [0, 0.1) is 11.3 Å². The number of hydrogen-bond donors (Lipinski definition) is 3. The average Bonchev–Trinajstić information content (AvgIpc) is 3.39. The quantitative estimate of drug-likeness (QED) is 0.299. The lowest BCUT2D eigenvalue weighted by Crippen LogP contribution is -2.62. The number of carbonyl (C=O) groups excluding carboxylic acids is 5. The van der Waals surface area contributed by atoms with Crippen molar-refractivity contribution in [2.24, 2.45) is 11.3 Å².